The lowest BCUT2D eigenvalue weighted by Gasteiger charge is -2.23. The number of hydrogen-bond acceptors (Lipinski definition) is 3. The Bertz CT molecular complexity index is 303. The van der Waals surface area contributed by atoms with Gasteiger partial charge in [-0.25, -0.2) is 0 Å². The number of halogens is 3. The lowest BCUT2D eigenvalue weighted by Crippen LogP contribution is -2.41. The van der Waals surface area contributed by atoms with Gasteiger partial charge in [0.05, 0.1) is 6.20 Å². The highest BCUT2D eigenvalue weighted by atomic mass is 19.4. The first-order chi connectivity index (χ1) is 7.54. The summed E-state index contributed by atoms with van der Waals surface area (Å²) in [5.41, 5.74) is 0. The van der Waals surface area contributed by atoms with Gasteiger partial charge >= 0.3 is 6.30 Å². The molecule has 0 aromatic carbocycles. The molecule has 0 radical (unpaired) electrons. The van der Waals surface area contributed by atoms with E-state index in [9.17, 15) is 13.2 Å². The van der Waals surface area contributed by atoms with E-state index in [0.29, 0.717) is 12.8 Å². The number of hydrogen-bond donors (Lipinski definition) is 0. The van der Waals surface area contributed by atoms with E-state index in [1.807, 2.05) is 6.92 Å². The normalized spacial score (nSPS) is 11.8. The smallest absolute Gasteiger partial charge is 0.396 e. The maximum atomic E-state index is 12.5. The zero-order valence-corrected chi connectivity index (χ0v) is 8.87. The lowest BCUT2D eigenvalue weighted by atomic mass is 10.3. The molecule has 0 aliphatic rings. The van der Waals surface area contributed by atoms with Crippen LogP contribution in [0.1, 0.15) is 19.8 Å². The second-order valence-electron chi connectivity index (χ2n) is 3.20. The molecule has 0 amide bonds. The molecule has 16 heavy (non-hydrogen) atoms. The molecule has 1 aromatic heterocycles. The molecule has 1 heterocycles. The van der Waals surface area contributed by atoms with Crippen LogP contribution < -0.4 is 4.84 Å². The minimum Gasteiger partial charge on any atom is -0.396 e. The fourth-order valence-corrected chi connectivity index (χ4v) is 1.05. The van der Waals surface area contributed by atoms with E-state index < -0.39 is 6.30 Å². The molecule has 6 heteroatoms. The first-order valence-corrected chi connectivity index (χ1v) is 4.96. The molecule has 0 spiro atoms. The van der Waals surface area contributed by atoms with Crippen molar-refractivity contribution < 1.29 is 18.0 Å². The summed E-state index contributed by atoms with van der Waals surface area (Å²) in [6.45, 7) is 1.63. The number of aromatic nitrogens is 1. The number of unbranched alkanes of at least 4 members (excludes halogenated alkanes) is 1. The monoisotopic (exact) mass is 234 g/mol. The average Bonchev–Trinajstić information content (AvgIpc) is 2.24. The van der Waals surface area contributed by atoms with E-state index in [2.05, 4.69) is 4.98 Å². The lowest BCUT2D eigenvalue weighted by molar-refractivity contribution is -0.336. The molecule has 0 aliphatic heterocycles. The van der Waals surface area contributed by atoms with Gasteiger partial charge in [-0.3, -0.25) is 4.98 Å². The van der Waals surface area contributed by atoms with Gasteiger partial charge < -0.3 is 4.84 Å². The molecule has 90 valence electrons. The molecule has 0 fully saturated rings. The van der Waals surface area contributed by atoms with Crippen molar-refractivity contribution in [1.29, 1.82) is 0 Å². The Labute approximate surface area is 91.8 Å². The maximum absolute atomic E-state index is 12.5. The van der Waals surface area contributed by atoms with Gasteiger partial charge in [-0.05, 0) is 23.6 Å². The summed E-state index contributed by atoms with van der Waals surface area (Å²) in [7, 11) is 0. The van der Waals surface area contributed by atoms with Crippen molar-refractivity contribution in [3.05, 3.63) is 24.5 Å². The second-order valence-corrected chi connectivity index (χ2v) is 3.20. The predicted octanol–water partition coefficient (Wildman–Crippen LogP) is 3.00. The van der Waals surface area contributed by atoms with Crippen LogP contribution in [0.3, 0.4) is 0 Å². The first-order valence-electron chi connectivity index (χ1n) is 4.96. The summed E-state index contributed by atoms with van der Waals surface area (Å²) < 4.78 is 37.5. The Hall–Kier alpha value is -1.30. The molecule has 0 atom stereocenters. The maximum Gasteiger partial charge on any atom is 0.492 e. The molecular formula is C10H13F3N2O. The van der Waals surface area contributed by atoms with Crippen LogP contribution in [0.25, 0.3) is 0 Å². The molecule has 0 bridgehead atoms. The van der Waals surface area contributed by atoms with E-state index in [4.69, 9.17) is 4.84 Å². The Kier molecular flexibility index (Phi) is 4.54. The highest BCUT2D eigenvalue weighted by molar-refractivity contribution is 5.14. The van der Waals surface area contributed by atoms with Gasteiger partial charge in [0.1, 0.15) is 0 Å². The third-order valence-corrected chi connectivity index (χ3v) is 1.85. The molecular weight excluding hydrogens is 221 g/mol. The van der Waals surface area contributed by atoms with Crippen molar-refractivity contribution in [2.45, 2.75) is 26.1 Å². The Morgan fingerprint density at radius 2 is 2.19 bits per heavy atom. The van der Waals surface area contributed by atoms with Gasteiger partial charge in [-0.1, -0.05) is 13.3 Å². The fourth-order valence-electron chi connectivity index (χ4n) is 1.05. The van der Waals surface area contributed by atoms with E-state index >= 15 is 0 Å². The van der Waals surface area contributed by atoms with Gasteiger partial charge in [0, 0.05) is 12.7 Å². The van der Waals surface area contributed by atoms with Crippen molar-refractivity contribution in [3.8, 4) is 5.75 Å². The molecule has 0 unspecified atom stereocenters. The Balaban J connectivity index is 2.64. The summed E-state index contributed by atoms with van der Waals surface area (Å²) >= 11 is 0. The molecule has 1 rings (SSSR count). The fraction of sp³-hybridized carbons (Fsp3) is 0.500. The van der Waals surface area contributed by atoms with Gasteiger partial charge in [0.25, 0.3) is 0 Å². The minimum absolute atomic E-state index is 0.0213. The van der Waals surface area contributed by atoms with Crippen LogP contribution in [0.2, 0.25) is 0 Å². The standard InChI is InChI=1S/C10H13F3N2O/c1-2-3-7-15(10(11,12)13)16-9-5-4-6-14-8-9/h4-6,8H,2-3,7H2,1H3. The third kappa shape index (κ3) is 4.06. The molecule has 3 nitrogen and oxygen atoms in total. The molecule has 1 aromatic rings. The summed E-state index contributed by atoms with van der Waals surface area (Å²) in [6.07, 6.45) is -0.699. The highest BCUT2D eigenvalue weighted by Crippen LogP contribution is 2.23. The zero-order valence-electron chi connectivity index (χ0n) is 8.87. The van der Waals surface area contributed by atoms with Crippen molar-refractivity contribution in [3.63, 3.8) is 0 Å². The van der Waals surface area contributed by atoms with Crippen LogP contribution >= 0.6 is 0 Å². The van der Waals surface area contributed by atoms with Crippen LogP contribution in [0.4, 0.5) is 13.2 Å². The number of rotatable bonds is 5. The third-order valence-electron chi connectivity index (χ3n) is 1.85. The van der Waals surface area contributed by atoms with Crippen molar-refractivity contribution in [2.75, 3.05) is 6.54 Å². The predicted molar refractivity (Wildman–Crippen MR) is 52.5 cm³/mol. The van der Waals surface area contributed by atoms with Gasteiger partial charge in [-0.2, -0.15) is 13.2 Å². The van der Waals surface area contributed by atoms with Crippen molar-refractivity contribution in [1.82, 2.24) is 10.0 Å². The molecule has 0 saturated carbocycles. The SMILES string of the molecule is CCCCN(Oc1cccnc1)C(F)(F)F. The van der Waals surface area contributed by atoms with E-state index in [-0.39, 0.29) is 17.4 Å². The van der Waals surface area contributed by atoms with Gasteiger partial charge in [-0.15, -0.1) is 0 Å². The first kappa shape index (κ1) is 12.8. The Morgan fingerprint density at radius 1 is 1.44 bits per heavy atom. The van der Waals surface area contributed by atoms with Crippen LogP contribution in [0.15, 0.2) is 24.5 Å². The van der Waals surface area contributed by atoms with Crippen molar-refractivity contribution >= 4 is 0 Å². The Morgan fingerprint density at radius 3 is 2.69 bits per heavy atom. The van der Waals surface area contributed by atoms with E-state index in [0.717, 1.165) is 0 Å². The topological polar surface area (TPSA) is 25.4 Å². The molecule has 0 N–H and O–H groups in total. The summed E-state index contributed by atoms with van der Waals surface area (Å²) in [5, 5.41) is 0.0213. The van der Waals surface area contributed by atoms with Crippen molar-refractivity contribution in [2.24, 2.45) is 0 Å². The van der Waals surface area contributed by atoms with Crippen LogP contribution in [0, 0.1) is 0 Å². The zero-order chi connectivity index (χ0) is 12.0. The molecule has 0 aliphatic carbocycles. The van der Waals surface area contributed by atoms with Crippen LogP contribution in [-0.4, -0.2) is 22.9 Å². The van der Waals surface area contributed by atoms with Crippen LogP contribution in [0.5, 0.6) is 5.75 Å². The summed E-state index contributed by atoms with van der Waals surface area (Å²) in [5.74, 6) is 0.0796. The number of pyridine rings is 1. The highest BCUT2D eigenvalue weighted by Gasteiger charge is 2.39. The number of nitrogens with zero attached hydrogens (tertiary/aromatic N) is 2. The quantitative estimate of drug-likeness (QED) is 0.578. The number of alkyl halides is 3. The van der Waals surface area contributed by atoms with Gasteiger partial charge in [0.15, 0.2) is 5.75 Å². The second kappa shape index (κ2) is 5.69. The van der Waals surface area contributed by atoms with E-state index in [1.54, 1.807) is 0 Å². The largest absolute Gasteiger partial charge is 0.492 e. The summed E-state index contributed by atoms with van der Waals surface area (Å²) in [6, 6.07) is 2.95. The number of hydroxylamine groups is 2. The summed E-state index contributed by atoms with van der Waals surface area (Å²) in [4.78, 5) is 8.41. The van der Waals surface area contributed by atoms with Gasteiger partial charge in [0.2, 0.25) is 0 Å². The van der Waals surface area contributed by atoms with Crippen LogP contribution in [-0.2, 0) is 0 Å². The average molecular weight is 234 g/mol. The minimum atomic E-state index is -4.50. The molecule has 0 saturated heterocycles. The van der Waals surface area contributed by atoms with E-state index in [1.165, 1.54) is 24.5 Å².